The van der Waals surface area contributed by atoms with Gasteiger partial charge >= 0.3 is 6.03 Å². The molecule has 236 valence electrons. The van der Waals surface area contributed by atoms with Gasteiger partial charge in [0.1, 0.15) is 5.69 Å². The summed E-state index contributed by atoms with van der Waals surface area (Å²) in [5.74, 6) is -2.52. The van der Waals surface area contributed by atoms with Gasteiger partial charge in [-0.15, -0.1) is 0 Å². The number of hydrogen-bond donors (Lipinski definition) is 3. The molecule has 0 aromatic carbocycles. The van der Waals surface area contributed by atoms with Crippen molar-refractivity contribution in [3.63, 3.8) is 0 Å². The molecule has 0 bridgehead atoms. The molecule has 5 heterocycles. The number of carbonyl (C=O) groups is 1. The smallest absolute Gasteiger partial charge is 0.322 e. The topological polar surface area (TPSA) is 124 Å². The predicted molar refractivity (Wildman–Crippen MR) is 160 cm³/mol. The van der Waals surface area contributed by atoms with Gasteiger partial charge in [0.25, 0.3) is 5.92 Å². The fourth-order valence-electron chi connectivity index (χ4n) is 8.13. The van der Waals surface area contributed by atoms with Crippen LogP contribution in [0.3, 0.4) is 0 Å². The van der Waals surface area contributed by atoms with Crippen LogP contribution in [0.15, 0.2) is 18.5 Å². The second-order valence-electron chi connectivity index (χ2n) is 14.1. The molecule has 2 saturated heterocycles. The van der Waals surface area contributed by atoms with Crippen molar-refractivity contribution in [2.24, 2.45) is 11.8 Å². The maximum absolute atomic E-state index is 14.7. The molecular weight excluding hydrogens is 570 g/mol. The number of aromatic nitrogens is 5. The zero-order valence-electron chi connectivity index (χ0n) is 25.2. The second-order valence-corrected chi connectivity index (χ2v) is 14.1. The highest BCUT2D eigenvalue weighted by atomic mass is 19.3. The van der Waals surface area contributed by atoms with Crippen molar-refractivity contribution in [1.29, 1.82) is 0 Å². The molecule has 3 aromatic rings. The minimum atomic E-state index is -2.68. The number of piperidine rings is 1. The van der Waals surface area contributed by atoms with Gasteiger partial charge in [0.05, 0.1) is 52.1 Å². The molecule has 5 fully saturated rings. The first-order chi connectivity index (χ1) is 21.1. The van der Waals surface area contributed by atoms with E-state index in [9.17, 15) is 18.7 Å². The number of pyridine rings is 1. The van der Waals surface area contributed by atoms with Crippen molar-refractivity contribution in [2.75, 3.05) is 37.0 Å². The van der Waals surface area contributed by atoms with E-state index < -0.39 is 23.5 Å². The molecule has 44 heavy (non-hydrogen) atoms. The highest BCUT2D eigenvalue weighted by molar-refractivity contribution is 5.96. The van der Waals surface area contributed by atoms with Crippen LogP contribution in [-0.2, 0) is 4.74 Å². The van der Waals surface area contributed by atoms with Gasteiger partial charge in [0, 0.05) is 44.9 Å². The van der Waals surface area contributed by atoms with E-state index in [4.69, 9.17) is 14.8 Å². The number of aliphatic hydroxyl groups is 1. The molecule has 8 rings (SSSR count). The monoisotopic (exact) mass is 610 g/mol. The fraction of sp³-hybridized carbons (Fsp3) is 0.677. The first-order valence-electron chi connectivity index (χ1n) is 16.0. The minimum Gasteiger partial charge on any atom is -0.390 e. The number of hydrogen-bond acceptors (Lipinski definition) is 7. The van der Waals surface area contributed by atoms with Crippen molar-refractivity contribution >= 4 is 28.4 Å². The van der Waals surface area contributed by atoms with Gasteiger partial charge in [0.2, 0.25) is 0 Å². The summed E-state index contributed by atoms with van der Waals surface area (Å²) in [5, 5.41) is 26.7. The summed E-state index contributed by atoms with van der Waals surface area (Å²) in [6.07, 6.45) is 10.1. The van der Waals surface area contributed by atoms with Gasteiger partial charge in [-0.3, -0.25) is 14.8 Å². The maximum atomic E-state index is 14.7. The Kier molecular flexibility index (Phi) is 6.30. The quantitative estimate of drug-likeness (QED) is 0.346. The number of carbonyl (C=O) groups excluding carboxylic acids is 1. The van der Waals surface area contributed by atoms with E-state index in [0.717, 1.165) is 55.2 Å². The van der Waals surface area contributed by atoms with Gasteiger partial charge in [0.15, 0.2) is 5.82 Å². The van der Waals surface area contributed by atoms with Gasteiger partial charge in [-0.1, -0.05) is 12.8 Å². The third kappa shape index (κ3) is 4.65. The third-order valence-electron chi connectivity index (χ3n) is 10.9. The Morgan fingerprint density at radius 3 is 2.64 bits per heavy atom. The lowest BCUT2D eigenvalue weighted by molar-refractivity contribution is -0.0259. The third-order valence-corrected chi connectivity index (χ3v) is 10.9. The Morgan fingerprint density at radius 2 is 1.95 bits per heavy atom. The number of anilines is 2. The van der Waals surface area contributed by atoms with E-state index in [1.165, 1.54) is 0 Å². The van der Waals surface area contributed by atoms with Crippen LogP contribution in [0.1, 0.15) is 70.8 Å². The lowest BCUT2D eigenvalue weighted by Crippen LogP contribution is -2.54. The van der Waals surface area contributed by atoms with Gasteiger partial charge in [-0.05, 0) is 57.4 Å². The number of nitrogens with zero attached hydrogens (tertiary/aromatic N) is 6. The maximum Gasteiger partial charge on any atom is 0.322 e. The molecule has 3 atom stereocenters. The largest absolute Gasteiger partial charge is 0.390 e. The van der Waals surface area contributed by atoms with Gasteiger partial charge in [-0.25, -0.2) is 13.6 Å². The number of likely N-dealkylation sites (tertiary alicyclic amines) is 1. The lowest BCUT2D eigenvalue weighted by Gasteiger charge is -2.43. The number of urea groups is 1. The average Bonchev–Trinajstić information content (AvgIpc) is 3.53. The zero-order valence-corrected chi connectivity index (χ0v) is 25.2. The van der Waals surface area contributed by atoms with E-state index in [1.807, 2.05) is 22.6 Å². The Balaban J connectivity index is 1.14. The molecule has 3 saturated carbocycles. The molecule has 11 nitrogen and oxygen atoms in total. The number of fused-ring (bicyclic) bond motifs is 1. The molecule has 1 spiro atoms. The summed E-state index contributed by atoms with van der Waals surface area (Å²) in [5.41, 5.74) is 1.28. The second kappa shape index (κ2) is 9.84. The summed E-state index contributed by atoms with van der Waals surface area (Å²) in [7, 11) is 1.69. The summed E-state index contributed by atoms with van der Waals surface area (Å²) in [4.78, 5) is 22.2. The van der Waals surface area contributed by atoms with Crippen LogP contribution in [0, 0.1) is 11.8 Å². The molecule has 3 N–H and O–H groups in total. The number of rotatable bonds is 7. The summed E-state index contributed by atoms with van der Waals surface area (Å²) in [6, 6.07) is 1.27. The fourth-order valence-corrected chi connectivity index (χ4v) is 8.13. The van der Waals surface area contributed by atoms with Crippen molar-refractivity contribution < 1.29 is 23.4 Å². The Morgan fingerprint density at radius 1 is 1.20 bits per heavy atom. The number of amides is 2. The molecule has 3 aromatic heterocycles. The van der Waals surface area contributed by atoms with E-state index >= 15 is 0 Å². The van der Waals surface area contributed by atoms with E-state index in [2.05, 4.69) is 20.4 Å². The number of nitrogens with one attached hydrogen (secondary N) is 2. The van der Waals surface area contributed by atoms with Crippen molar-refractivity contribution in [3.8, 4) is 11.4 Å². The standard InChI is InChI=1S/C31H40F2N8O3/c1-29(43)9-10-40(30(17-29)7-8-30)28(42)36-23-14-35-37-25(23)22-11-24-20(13-34-22)27(39-15-19(16-39)44-2)38-41(24)26(18-5-3-4-6-18)21-12-31(21,32)33/h11,13-14,18-19,21,26,43H,3-10,12,15-17H2,1-2H3,(H,35,37)(H,36,42)/t21?,26?,29-/m1/s1. The SMILES string of the molecule is COC1CN(c2nn(C(C3CCCC3)C3CC3(F)F)c3cc(-c4[nH]ncc4NC(=O)N4CC[C@@](C)(O)CC45CC5)ncc23)C1. The molecule has 5 aliphatic rings. The molecular formula is C31H40F2N8O3. The average molecular weight is 611 g/mol. The van der Waals surface area contributed by atoms with Crippen LogP contribution in [0.25, 0.3) is 22.3 Å². The minimum absolute atomic E-state index is 0.109. The van der Waals surface area contributed by atoms with Crippen molar-refractivity contribution in [1.82, 2.24) is 29.9 Å². The molecule has 2 unspecified atom stereocenters. The van der Waals surface area contributed by atoms with Crippen LogP contribution >= 0.6 is 0 Å². The number of aromatic amines is 1. The van der Waals surface area contributed by atoms with Crippen LogP contribution in [0.2, 0.25) is 0 Å². The lowest BCUT2D eigenvalue weighted by atomic mass is 9.86. The molecule has 2 amide bonds. The Hall–Kier alpha value is -3.32. The van der Waals surface area contributed by atoms with Crippen LogP contribution in [-0.4, -0.2) is 90.9 Å². The highest BCUT2D eigenvalue weighted by Gasteiger charge is 2.63. The Labute approximate surface area is 254 Å². The molecule has 13 heteroatoms. The predicted octanol–water partition coefficient (Wildman–Crippen LogP) is 4.95. The molecule has 3 aliphatic carbocycles. The highest BCUT2D eigenvalue weighted by Crippen LogP contribution is 2.59. The zero-order chi connectivity index (χ0) is 30.4. The normalized spacial score (nSPS) is 28.4. The number of halogens is 2. The van der Waals surface area contributed by atoms with Crippen molar-refractivity contribution in [2.45, 2.75) is 93.9 Å². The van der Waals surface area contributed by atoms with Crippen LogP contribution in [0.5, 0.6) is 0 Å². The van der Waals surface area contributed by atoms with Gasteiger partial charge < -0.3 is 25.0 Å². The number of methoxy groups -OCH3 is 1. The van der Waals surface area contributed by atoms with E-state index in [0.29, 0.717) is 49.6 Å². The Bertz CT molecular complexity index is 1580. The summed E-state index contributed by atoms with van der Waals surface area (Å²) >= 11 is 0. The molecule has 2 aliphatic heterocycles. The van der Waals surface area contributed by atoms with E-state index in [1.54, 1.807) is 19.5 Å². The van der Waals surface area contributed by atoms with E-state index in [-0.39, 0.29) is 30.0 Å². The van der Waals surface area contributed by atoms with Crippen LogP contribution < -0.4 is 10.2 Å². The molecule has 0 radical (unpaired) electrons. The number of ether oxygens (including phenoxy) is 1. The van der Waals surface area contributed by atoms with Gasteiger partial charge in [-0.2, -0.15) is 10.2 Å². The number of alkyl halides is 2. The summed E-state index contributed by atoms with van der Waals surface area (Å²) < 4.78 is 36.8. The number of H-pyrrole nitrogens is 1. The first kappa shape index (κ1) is 28.2. The van der Waals surface area contributed by atoms with Crippen LogP contribution in [0.4, 0.5) is 25.1 Å². The van der Waals surface area contributed by atoms with Crippen molar-refractivity contribution in [3.05, 3.63) is 18.5 Å². The summed E-state index contributed by atoms with van der Waals surface area (Å²) in [6.45, 7) is 3.69. The first-order valence-corrected chi connectivity index (χ1v) is 16.0.